The number of aryl methyl sites for hydroxylation is 1. The Morgan fingerprint density at radius 1 is 1.14 bits per heavy atom. The molecule has 0 unspecified atom stereocenters. The number of ether oxygens (including phenoxy) is 1. The van der Waals surface area contributed by atoms with E-state index in [0.717, 1.165) is 37.4 Å². The van der Waals surface area contributed by atoms with E-state index in [-0.39, 0.29) is 12.0 Å². The van der Waals surface area contributed by atoms with E-state index in [0.29, 0.717) is 34.0 Å². The van der Waals surface area contributed by atoms with E-state index >= 15 is 0 Å². The topological polar surface area (TPSA) is 91.4 Å². The monoisotopic (exact) mass is 522 g/mol. The number of carbonyl (C=O) groups is 1. The van der Waals surface area contributed by atoms with Gasteiger partial charge in [-0.2, -0.15) is 4.98 Å². The fourth-order valence-electron chi connectivity index (χ4n) is 4.60. The van der Waals surface area contributed by atoms with E-state index in [2.05, 4.69) is 56.9 Å². The van der Waals surface area contributed by atoms with Crippen molar-refractivity contribution in [2.45, 2.75) is 45.6 Å². The quantitative estimate of drug-likeness (QED) is 0.340. The standard InChI is InChI=1S/C28H35ClN6O2/c1-17(2)37-25-15-21(19-10-12-35(5)13-11-19)18(3)14-24(25)33-28-31-16-22(29)26(34-28)32-23-9-7-6-8-20(23)27(36)30-4/h6-9,14-17,19H,10-13H2,1-5H3,(H,30,36)(H2,31,32,33,34). The summed E-state index contributed by atoms with van der Waals surface area (Å²) < 4.78 is 6.21. The molecule has 3 aromatic rings. The summed E-state index contributed by atoms with van der Waals surface area (Å²) in [5, 5.41) is 9.49. The second-order valence-electron chi connectivity index (χ2n) is 9.71. The number of rotatable bonds is 8. The van der Waals surface area contributed by atoms with Gasteiger partial charge in [-0.3, -0.25) is 4.79 Å². The second-order valence-corrected chi connectivity index (χ2v) is 10.1. The molecule has 0 saturated carbocycles. The molecule has 4 rings (SSSR count). The average molecular weight is 523 g/mol. The van der Waals surface area contributed by atoms with Crippen molar-refractivity contribution in [1.29, 1.82) is 0 Å². The minimum atomic E-state index is -0.206. The number of para-hydroxylation sites is 1. The number of likely N-dealkylation sites (tertiary alicyclic amines) is 1. The summed E-state index contributed by atoms with van der Waals surface area (Å²) in [6.45, 7) is 8.38. The number of carbonyl (C=O) groups excluding carboxylic acids is 1. The van der Waals surface area contributed by atoms with Crippen molar-refractivity contribution in [1.82, 2.24) is 20.2 Å². The lowest BCUT2D eigenvalue weighted by Gasteiger charge is -2.30. The number of anilines is 4. The predicted molar refractivity (Wildman–Crippen MR) is 150 cm³/mol. The Balaban J connectivity index is 1.63. The summed E-state index contributed by atoms with van der Waals surface area (Å²) >= 11 is 6.41. The van der Waals surface area contributed by atoms with Crippen molar-refractivity contribution in [3.63, 3.8) is 0 Å². The molecule has 1 saturated heterocycles. The first-order valence-corrected chi connectivity index (χ1v) is 13.0. The summed E-state index contributed by atoms with van der Waals surface area (Å²) in [4.78, 5) is 23.7. The molecular formula is C28H35ClN6O2. The van der Waals surface area contributed by atoms with Crippen LogP contribution in [0.25, 0.3) is 0 Å². The molecule has 1 fully saturated rings. The number of nitrogens with zero attached hydrogens (tertiary/aromatic N) is 3. The third kappa shape index (κ3) is 6.50. The summed E-state index contributed by atoms with van der Waals surface area (Å²) in [5.74, 6) is 1.84. The molecule has 1 aliphatic rings. The Morgan fingerprint density at radius 2 is 1.86 bits per heavy atom. The number of hydrogen-bond donors (Lipinski definition) is 3. The third-order valence-corrected chi connectivity index (χ3v) is 6.81. The lowest BCUT2D eigenvalue weighted by atomic mass is 9.86. The molecule has 0 radical (unpaired) electrons. The molecule has 1 aromatic heterocycles. The number of hydrogen-bond acceptors (Lipinski definition) is 7. The van der Waals surface area contributed by atoms with Gasteiger partial charge in [-0.05, 0) is 95.1 Å². The van der Waals surface area contributed by atoms with E-state index in [1.807, 2.05) is 19.9 Å². The van der Waals surface area contributed by atoms with Crippen LogP contribution >= 0.6 is 11.6 Å². The molecule has 0 atom stereocenters. The number of amides is 1. The van der Waals surface area contributed by atoms with Gasteiger partial charge in [-0.15, -0.1) is 0 Å². The normalized spacial score (nSPS) is 14.5. The molecule has 3 N–H and O–H groups in total. The van der Waals surface area contributed by atoms with E-state index in [1.165, 1.54) is 17.3 Å². The molecule has 8 nitrogen and oxygen atoms in total. The third-order valence-electron chi connectivity index (χ3n) is 6.53. The lowest BCUT2D eigenvalue weighted by Crippen LogP contribution is -2.29. The molecular weight excluding hydrogens is 488 g/mol. The van der Waals surface area contributed by atoms with E-state index in [1.54, 1.807) is 25.2 Å². The van der Waals surface area contributed by atoms with Gasteiger partial charge in [0.2, 0.25) is 5.95 Å². The largest absolute Gasteiger partial charge is 0.489 e. The van der Waals surface area contributed by atoms with Crippen molar-refractivity contribution in [3.05, 3.63) is 64.3 Å². The number of benzene rings is 2. The van der Waals surface area contributed by atoms with Crippen LogP contribution in [0.3, 0.4) is 0 Å². The molecule has 0 spiro atoms. The summed E-state index contributed by atoms with van der Waals surface area (Å²) in [5.41, 5.74) is 4.42. The van der Waals surface area contributed by atoms with Gasteiger partial charge >= 0.3 is 0 Å². The average Bonchev–Trinajstić information content (AvgIpc) is 2.88. The first-order chi connectivity index (χ1) is 17.7. The molecule has 37 heavy (non-hydrogen) atoms. The fourth-order valence-corrected chi connectivity index (χ4v) is 4.74. The Morgan fingerprint density at radius 3 is 2.57 bits per heavy atom. The predicted octanol–water partition coefficient (Wildman–Crippen LogP) is 5.88. The van der Waals surface area contributed by atoms with Gasteiger partial charge < -0.3 is 25.6 Å². The van der Waals surface area contributed by atoms with Crippen LogP contribution in [0.15, 0.2) is 42.6 Å². The summed E-state index contributed by atoms with van der Waals surface area (Å²) in [6.07, 6.45) is 3.82. The van der Waals surface area contributed by atoms with Crippen LogP contribution in [0.4, 0.5) is 23.1 Å². The molecule has 2 heterocycles. The number of nitrogens with one attached hydrogen (secondary N) is 3. The van der Waals surface area contributed by atoms with Crippen LogP contribution in [0.5, 0.6) is 5.75 Å². The Bertz CT molecular complexity index is 1260. The van der Waals surface area contributed by atoms with E-state index < -0.39 is 0 Å². The van der Waals surface area contributed by atoms with Crippen LogP contribution in [-0.2, 0) is 0 Å². The Hall–Kier alpha value is -3.36. The van der Waals surface area contributed by atoms with Crippen molar-refractivity contribution in [3.8, 4) is 5.75 Å². The Labute approximate surface area is 223 Å². The molecule has 0 aliphatic carbocycles. The highest BCUT2D eigenvalue weighted by Gasteiger charge is 2.22. The maximum atomic E-state index is 12.3. The highest BCUT2D eigenvalue weighted by atomic mass is 35.5. The van der Waals surface area contributed by atoms with Crippen LogP contribution in [0.2, 0.25) is 5.02 Å². The second kappa shape index (κ2) is 11.8. The molecule has 1 aliphatic heterocycles. The maximum Gasteiger partial charge on any atom is 0.253 e. The van der Waals surface area contributed by atoms with Crippen LogP contribution < -0.4 is 20.7 Å². The van der Waals surface area contributed by atoms with Crippen molar-refractivity contribution in [2.75, 3.05) is 37.8 Å². The van der Waals surface area contributed by atoms with E-state index in [9.17, 15) is 4.79 Å². The minimum Gasteiger partial charge on any atom is -0.489 e. The lowest BCUT2D eigenvalue weighted by molar-refractivity contribution is 0.0964. The van der Waals surface area contributed by atoms with Crippen molar-refractivity contribution < 1.29 is 9.53 Å². The zero-order chi connectivity index (χ0) is 26.5. The maximum absolute atomic E-state index is 12.3. The minimum absolute atomic E-state index is 0.0122. The molecule has 0 bridgehead atoms. The summed E-state index contributed by atoms with van der Waals surface area (Å²) in [7, 11) is 3.77. The van der Waals surface area contributed by atoms with Crippen LogP contribution in [-0.4, -0.2) is 54.1 Å². The first-order valence-electron chi connectivity index (χ1n) is 12.6. The van der Waals surface area contributed by atoms with Gasteiger partial charge in [0.1, 0.15) is 10.8 Å². The zero-order valence-electron chi connectivity index (χ0n) is 22.1. The zero-order valence-corrected chi connectivity index (χ0v) is 22.8. The first kappa shape index (κ1) is 26.7. The van der Waals surface area contributed by atoms with Gasteiger partial charge in [-0.25, -0.2) is 4.98 Å². The summed E-state index contributed by atoms with van der Waals surface area (Å²) in [6, 6.07) is 11.5. The molecule has 9 heteroatoms. The van der Waals surface area contributed by atoms with Gasteiger partial charge in [0.25, 0.3) is 5.91 Å². The van der Waals surface area contributed by atoms with Crippen molar-refractivity contribution >= 4 is 40.6 Å². The van der Waals surface area contributed by atoms with Crippen LogP contribution in [0.1, 0.15) is 54.1 Å². The highest BCUT2D eigenvalue weighted by Crippen LogP contribution is 2.38. The fraction of sp³-hybridized carbons (Fsp3) is 0.393. The number of aromatic nitrogens is 2. The van der Waals surface area contributed by atoms with E-state index in [4.69, 9.17) is 16.3 Å². The Kier molecular flexibility index (Phi) is 8.51. The van der Waals surface area contributed by atoms with Crippen LogP contribution in [0, 0.1) is 6.92 Å². The van der Waals surface area contributed by atoms with Crippen molar-refractivity contribution in [2.24, 2.45) is 0 Å². The van der Waals surface area contributed by atoms with Gasteiger partial charge in [0, 0.05) is 7.05 Å². The highest BCUT2D eigenvalue weighted by molar-refractivity contribution is 6.33. The number of halogens is 1. The smallest absolute Gasteiger partial charge is 0.253 e. The molecule has 1 amide bonds. The molecule has 2 aromatic carbocycles. The van der Waals surface area contributed by atoms with Gasteiger partial charge in [0.05, 0.1) is 29.2 Å². The van der Waals surface area contributed by atoms with Gasteiger partial charge in [0.15, 0.2) is 5.82 Å². The van der Waals surface area contributed by atoms with Gasteiger partial charge in [-0.1, -0.05) is 23.7 Å². The number of piperidine rings is 1. The SMILES string of the molecule is CNC(=O)c1ccccc1Nc1nc(Nc2cc(C)c(C3CCN(C)CC3)cc2OC(C)C)ncc1Cl. The molecule has 196 valence electrons.